The quantitative estimate of drug-likeness (QED) is 0.569. The predicted octanol–water partition coefficient (Wildman–Crippen LogP) is 3.62. The van der Waals surface area contributed by atoms with Crippen LogP contribution in [-0.4, -0.2) is 21.2 Å². The van der Waals surface area contributed by atoms with Crippen molar-refractivity contribution in [2.45, 2.75) is 19.9 Å². The van der Waals surface area contributed by atoms with Crippen molar-refractivity contribution in [3.8, 4) is 0 Å². The van der Waals surface area contributed by atoms with Crippen LogP contribution in [0.25, 0.3) is 11.0 Å². The fourth-order valence-electron chi connectivity index (χ4n) is 2.45. The number of hydrogen-bond donors (Lipinski definition) is 1. The van der Waals surface area contributed by atoms with E-state index in [1.807, 2.05) is 55.5 Å². The maximum atomic E-state index is 12.2. The van der Waals surface area contributed by atoms with Gasteiger partial charge in [0.25, 0.3) is 5.91 Å². The van der Waals surface area contributed by atoms with Crippen molar-refractivity contribution in [2.24, 2.45) is 5.10 Å². The van der Waals surface area contributed by atoms with Crippen molar-refractivity contribution in [3.05, 3.63) is 65.4 Å². The van der Waals surface area contributed by atoms with E-state index in [9.17, 15) is 4.79 Å². The Balaban J connectivity index is 1.70. The number of hydrogen-bond acceptors (Lipinski definition) is 3. The smallest absolute Gasteiger partial charge is 0.260 e. The number of fused-ring (bicyclic) bond motifs is 1. The molecule has 0 aliphatic carbocycles. The third kappa shape index (κ3) is 3.63. The van der Waals surface area contributed by atoms with Crippen molar-refractivity contribution < 1.29 is 4.79 Å². The van der Waals surface area contributed by atoms with Crippen LogP contribution in [0.5, 0.6) is 0 Å². The summed E-state index contributed by atoms with van der Waals surface area (Å²) in [6.45, 7) is 2.16. The number of nitrogens with one attached hydrogen (secondary N) is 1. The number of amides is 1. The molecule has 0 radical (unpaired) electrons. The molecule has 2 aromatic carbocycles. The van der Waals surface area contributed by atoms with E-state index in [4.69, 9.17) is 11.6 Å². The molecule has 122 valence electrons. The van der Waals surface area contributed by atoms with Crippen LogP contribution in [0.15, 0.2) is 60.0 Å². The van der Waals surface area contributed by atoms with Gasteiger partial charge in [0, 0.05) is 5.02 Å². The third-order valence-corrected chi connectivity index (χ3v) is 3.92. The monoisotopic (exact) mass is 340 g/mol. The van der Waals surface area contributed by atoms with Crippen LogP contribution >= 0.6 is 11.6 Å². The fraction of sp³-hybridized carbons (Fsp3) is 0.167. The number of carbonyl (C=O) groups excluding carboxylic acids is 1. The van der Waals surface area contributed by atoms with Crippen LogP contribution in [0, 0.1) is 0 Å². The molecule has 0 spiro atoms. The van der Waals surface area contributed by atoms with E-state index in [1.54, 1.807) is 10.9 Å². The number of rotatable bonds is 5. The molecule has 3 rings (SSSR count). The Labute approximate surface area is 145 Å². The summed E-state index contributed by atoms with van der Waals surface area (Å²) in [5.74, 6) is -0.196. The second kappa shape index (κ2) is 7.27. The molecule has 0 saturated carbocycles. The number of benzene rings is 2. The summed E-state index contributed by atoms with van der Waals surface area (Å²) >= 11 is 5.90. The van der Waals surface area contributed by atoms with Crippen molar-refractivity contribution in [1.29, 1.82) is 0 Å². The van der Waals surface area contributed by atoms with E-state index in [0.29, 0.717) is 11.4 Å². The highest BCUT2D eigenvalue weighted by molar-refractivity contribution is 6.30. The van der Waals surface area contributed by atoms with Gasteiger partial charge in [0.1, 0.15) is 6.54 Å². The Morgan fingerprint density at radius 2 is 1.96 bits per heavy atom. The average molecular weight is 341 g/mol. The van der Waals surface area contributed by atoms with Gasteiger partial charge in [-0.1, -0.05) is 42.8 Å². The molecule has 3 aromatic rings. The van der Waals surface area contributed by atoms with E-state index in [2.05, 4.69) is 15.5 Å². The van der Waals surface area contributed by atoms with E-state index in [1.165, 1.54) is 0 Å². The minimum Gasteiger partial charge on any atom is -0.321 e. The Morgan fingerprint density at radius 3 is 2.71 bits per heavy atom. The normalized spacial score (nSPS) is 11.7. The summed E-state index contributed by atoms with van der Waals surface area (Å²) < 4.78 is 1.80. The second-order valence-corrected chi connectivity index (χ2v) is 5.75. The Bertz CT molecular complexity index is 883. The second-order valence-electron chi connectivity index (χ2n) is 5.32. The van der Waals surface area contributed by atoms with Crippen LogP contribution < -0.4 is 5.43 Å². The molecule has 0 atom stereocenters. The molecule has 0 bridgehead atoms. The van der Waals surface area contributed by atoms with E-state index >= 15 is 0 Å². The van der Waals surface area contributed by atoms with Gasteiger partial charge < -0.3 is 4.57 Å². The molecule has 1 heterocycles. The number of imidazole rings is 1. The number of para-hydroxylation sites is 2. The highest BCUT2D eigenvalue weighted by Crippen LogP contribution is 2.12. The van der Waals surface area contributed by atoms with Gasteiger partial charge in [-0.2, -0.15) is 5.10 Å². The van der Waals surface area contributed by atoms with Crippen molar-refractivity contribution in [3.63, 3.8) is 0 Å². The Hall–Kier alpha value is -2.66. The highest BCUT2D eigenvalue weighted by atomic mass is 35.5. The van der Waals surface area contributed by atoms with E-state index < -0.39 is 0 Å². The summed E-state index contributed by atoms with van der Waals surface area (Å²) in [4.78, 5) is 16.4. The molecule has 0 fully saturated rings. The zero-order valence-electron chi connectivity index (χ0n) is 13.2. The van der Waals surface area contributed by atoms with Crippen LogP contribution in [0.3, 0.4) is 0 Å². The largest absolute Gasteiger partial charge is 0.321 e. The molecule has 5 nitrogen and oxygen atoms in total. The summed E-state index contributed by atoms with van der Waals surface area (Å²) in [6, 6.07) is 15.1. The molecule has 1 N–H and O–H groups in total. The lowest BCUT2D eigenvalue weighted by Crippen LogP contribution is -2.24. The van der Waals surface area contributed by atoms with Crippen LogP contribution in [0.2, 0.25) is 5.02 Å². The van der Waals surface area contributed by atoms with Gasteiger partial charge in [-0.25, -0.2) is 10.4 Å². The standard InChI is InChI=1S/C18H17ClN4O/c1-2-15(13-7-9-14(19)10-8-13)21-22-18(24)11-23-12-20-16-5-3-4-6-17(16)23/h3-10,12H,2,11H2,1H3,(H,22,24)/b21-15-. The van der Waals surface area contributed by atoms with Crippen molar-refractivity contribution in [1.82, 2.24) is 15.0 Å². The van der Waals surface area contributed by atoms with Crippen LogP contribution in [0.4, 0.5) is 0 Å². The maximum absolute atomic E-state index is 12.2. The molecule has 0 unspecified atom stereocenters. The van der Waals surface area contributed by atoms with Gasteiger partial charge in [-0.05, 0) is 36.2 Å². The molecule has 6 heteroatoms. The van der Waals surface area contributed by atoms with Gasteiger partial charge in [0.2, 0.25) is 0 Å². The summed E-state index contributed by atoms with van der Waals surface area (Å²) in [6.07, 6.45) is 2.36. The lowest BCUT2D eigenvalue weighted by atomic mass is 10.1. The van der Waals surface area contributed by atoms with Gasteiger partial charge in [-0.3, -0.25) is 4.79 Å². The van der Waals surface area contributed by atoms with E-state index in [0.717, 1.165) is 22.3 Å². The molecule has 1 aromatic heterocycles. The number of carbonyl (C=O) groups is 1. The van der Waals surface area contributed by atoms with E-state index in [-0.39, 0.29) is 12.5 Å². The Kier molecular flexibility index (Phi) is 4.91. The summed E-state index contributed by atoms with van der Waals surface area (Å²) in [5.41, 5.74) is 6.15. The minimum atomic E-state index is -0.196. The van der Waals surface area contributed by atoms with Crippen molar-refractivity contribution in [2.75, 3.05) is 0 Å². The molecule has 0 saturated heterocycles. The van der Waals surface area contributed by atoms with Crippen molar-refractivity contribution >= 4 is 34.3 Å². The molecule has 0 aliphatic rings. The van der Waals surface area contributed by atoms with Crippen LogP contribution in [0.1, 0.15) is 18.9 Å². The molecular formula is C18H17ClN4O. The molecule has 24 heavy (non-hydrogen) atoms. The Morgan fingerprint density at radius 1 is 1.21 bits per heavy atom. The lowest BCUT2D eigenvalue weighted by molar-refractivity contribution is -0.121. The molecule has 0 aliphatic heterocycles. The SMILES string of the molecule is CC/C(=N/NC(=O)Cn1cnc2ccccc21)c1ccc(Cl)cc1. The van der Waals surface area contributed by atoms with Gasteiger partial charge >= 0.3 is 0 Å². The number of nitrogens with zero attached hydrogens (tertiary/aromatic N) is 3. The molecular weight excluding hydrogens is 324 g/mol. The number of hydrazone groups is 1. The zero-order chi connectivity index (χ0) is 16.9. The minimum absolute atomic E-state index is 0.168. The predicted molar refractivity (Wildman–Crippen MR) is 96.2 cm³/mol. The zero-order valence-corrected chi connectivity index (χ0v) is 14.0. The topological polar surface area (TPSA) is 59.3 Å². The summed E-state index contributed by atoms with van der Waals surface area (Å²) in [7, 11) is 0. The lowest BCUT2D eigenvalue weighted by Gasteiger charge is -2.06. The first-order valence-electron chi connectivity index (χ1n) is 7.68. The fourth-order valence-corrected chi connectivity index (χ4v) is 2.57. The number of halogens is 1. The van der Waals surface area contributed by atoms with Gasteiger partial charge in [0.05, 0.1) is 23.1 Å². The summed E-state index contributed by atoms with van der Waals surface area (Å²) in [5, 5.41) is 4.91. The first-order chi connectivity index (χ1) is 11.7. The highest BCUT2D eigenvalue weighted by Gasteiger charge is 2.07. The maximum Gasteiger partial charge on any atom is 0.260 e. The van der Waals surface area contributed by atoms with Gasteiger partial charge in [0.15, 0.2) is 0 Å². The first-order valence-corrected chi connectivity index (χ1v) is 8.06. The first kappa shape index (κ1) is 16.2. The van der Waals surface area contributed by atoms with Crippen LogP contribution in [-0.2, 0) is 11.3 Å². The third-order valence-electron chi connectivity index (χ3n) is 3.67. The average Bonchev–Trinajstić information content (AvgIpc) is 3.00. The number of aromatic nitrogens is 2. The van der Waals surface area contributed by atoms with Gasteiger partial charge in [-0.15, -0.1) is 0 Å². The molecule has 1 amide bonds.